The van der Waals surface area contributed by atoms with Gasteiger partial charge in [-0.1, -0.05) is 12.1 Å². The largest absolute Gasteiger partial charge is 0.497 e. The van der Waals surface area contributed by atoms with Crippen molar-refractivity contribution in [2.45, 2.75) is 18.9 Å². The lowest BCUT2D eigenvalue weighted by molar-refractivity contribution is -0.487. The first-order valence-corrected chi connectivity index (χ1v) is 9.13. The summed E-state index contributed by atoms with van der Waals surface area (Å²) in [5.41, 5.74) is 3.11. The third kappa shape index (κ3) is 3.42. The number of allylic oxidation sites excluding steroid dienone is 2. The van der Waals surface area contributed by atoms with Crippen LogP contribution in [-0.2, 0) is 9.53 Å². The van der Waals surface area contributed by atoms with Crippen molar-refractivity contribution in [1.82, 2.24) is 14.9 Å². The molecule has 1 amide bonds. The number of fused-ring (bicyclic) bond motifs is 1. The Kier molecular flexibility index (Phi) is 4.70. The third-order valence-corrected chi connectivity index (χ3v) is 5.15. The van der Waals surface area contributed by atoms with Gasteiger partial charge in [0.25, 0.3) is 5.91 Å². The highest BCUT2D eigenvalue weighted by atomic mass is 16.5. The maximum absolute atomic E-state index is 12.0. The molecular weight excluding hydrogens is 356 g/mol. The molecule has 1 atom stereocenters. The molecule has 1 aromatic heterocycles. The molecular formula is C21H23N4O3+. The number of ether oxygens (including phenoxy) is 2. The maximum atomic E-state index is 12.0. The Labute approximate surface area is 163 Å². The fourth-order valence-corrected chi connectivity index (χ4v) is 3.47. The van der Waals surface area contributed by atoms with E-state index < -0.39 is 5.60 Å². The van der Waals surface area contributed by atoms with Gasteiger partial charge in [-0.3, -0.25) is 4.79 Å². The number of carbonyl (C=O) groups excluding carboxylic acids is 1. The van der Waals surface area contributed by atoms with Crippen molar-refractivity contribution in [2.24, 2.45) is 0 Å². The van der Waals surface area contributed by atoms with Crippen molar-refractivity contribution >= 4 is 23.1 Å². The summed E-state index contributed by atoms with van der Waals surface area (Å²) in [7, 11) is 3.43. The van der Waals surface area contributed by atoms with E-state index >= 15 is 0 Å². The van der Waals surface area contributed by atoms with Gasteiger partial charge in [0.05, 0.1) is 18.5 Å². The molecule has 1 saturated heterocycles. The second-order valence-electron chi connectivity index (χ2n) is 7.09. The summed E-state index contributed by atoms with van der Waals surface area (Å²) in [6.45, 7) is 2.12. The van der Waals surface area contributed by atoms with Crippen molar-refractivity contribution in [3.05, 3.63) is 60.1 Å². The van der Waals surface area contributed by atoms with Crippen molar-refractivity contribution < 1.29 is 19.6 Å². The molecule has 2 N–H and O–H groups in total. The highest BCUT2D eigenvalue weighted by Gasteiger charge is 2.40. The van der Waals surface area contributed by atoms with Gasteiger partial charge in [-0.25, -0.2) is 5.32 Å². The Bertz CT molecular complexity index is 985. The van der Waals surface area contributed by atoms with Gasteiger partial charge in [0.2, 0.25) is 0 Å². The number of likely N-dealkylation sites (N-methyl/N-ethyl adjacent to an activating group) is 1. The number of morpholine rings is 1. The van der Waals surface area contributed by atoms with E-state index in [4.69, 9.17) is 9.47 Å². The molecule has 1 unspecified atom stereocenters. The summed E-state index contributed by atoms with van der Waals surface area (Å²) >= 11 is 0. The van der Waals surface area contributed by atoms with Gasteiger partial charge in [-0.2, -0.15) is 9.97 Å². The van der Waals surface area contributed by atoms with Crippen LogP contribution in [0.4, 0.5) is 11.6 Å². The zero-order valence-electron chi connectivity index (χ0n) is 16.2. The van der Waals surface area contributed by atoms with Gasteiger partial charge >= 0.3 is 5.95 Å². The van der Waals surface area contributed by atoms with Crippen LogP contribution in [0.1, 0.15) is 19.0 Å². The standard InChI is InChI=1S/C21H22N4O3/c1-21-9-7-14(11-18(21)25(2)19(26)13-28-21)17-8-10-22-20(24-17)23-15-5-4-6-16(12-15)27-3/h4-8,10-12H,9,13H2,1-3H3,(H,22,23,24)/p+1. The Morgan fingerprint density at radius 3 is 3.00 bits per heavy atom. The molecule has 2 heterocycles. The molecule has 0 bridgehead atoms. The summed E-state index contributed by atoms with van der Waals surface area (Å²) in [5, 5.41) is 1.91. The van der Waals surface area contributed by atoms with Crippen LogP contribution in [0.5, 0.6) is 5.75 Å². The Balaban J connectivity index is 1.61. The molecule has 7 heteroatoms. The number of amides is 1. The smallest absolute Gasteiger partial charge is 0.331 e. The van der Waals surface area contributed by atoms with Gasteiger partial charge in [0, 0.05) is 25.7 Å². The van der Waals surface area contributed by atoms with Crippen LogP contribution in [0, 0.1) is 0 Å². The van der Waals surface area contributed by atoms with Gasteiger partial charge in [0.1, 0.15) is 23.6 Å². The number of hydrogen-bond acceptors (Lipinski definition) is 5. The van der Waals surface area contributed by atoms with Crippen molar-refractivity contribution in [2.75, 3.05) is 20.8 Å². The van der Waals surface area contributed by atoms with Crippen molar-refractivity contribution in [3.63, 3.8) is 0 Å². The summed E-state index contributed by atoms with van der Waals surface area (Å²) in [4.78, 5) is 22.8. The number of aromatic nitrogens is 2. The highest BCUT2D eigenvalue weighted by molar-refractivity contribution is 5.83. The second-order valence-corrected chi connectivity index (χ2v) is 7.09. The number of hydrogen-bond donors (Lipinski definition) is 1. The average molecular weight is 379 g/mol. The zero-order chi connectivity index (χ0) is 19.7. The first-order valence-electron chi connectivity index (χ1n) is 9.13. The van der Waals surface area contributed by atoms with E-state index in [0.717, 1.165) is 28.4 Å². The van der Waals surface area contributed by atoms with E-state index in [-0.39, 0.29) is 12.5 Å². The monoisotopic (exact) mass is 379 g/mol. The molecule has 2 aliphatic rings. The molecule has 4 rings (SSSR count). The molecule has 0 spiro atoms. The first-order chi connectivity index (χ1) is 13.5. The molecule has 2 aromatic rings. The van der Waals surface area contributed by atoms with Gasteiger partial charge < -0.3 is 14.4 Å². The predicted octanol–water partition coefficient (Wildman–Crippen LogP) is 1.93. The Morgan fingerprint density at radius 1 is 1.32 bits per heavy atom. The minimum atomic E-state index is -0.477. The quantitative estimate of drug-likeness (QED) is 0.821. The minimum absolute atomic E-state index is 0.0419. The highest BCUT2D eigenvalue weighted by Crippen LogP contribution is 2.38. The van der Waals surface area contributed by atoms with Crippen LogP contribution in [0.2, 0.25) is 0 Å². The number of methoxy groups -OCH3 is 1. The second kappa shape index (κ2) is 7.18. The van der Waals surface area contributed by atoms with Crippen LogP contribution in [-0.4, -0.2) is 47.1 Å². The normalized spacial score (nSPS) is 21.7. The fourth-order valence-electron chi connectivity index (χ4n) is 3.47. The zero-order valence-corrected chi connectivity index (χ0v) is 16.2. The lowest BCUT2D eigenvalue weighted by atomic mass is 9.87. The molecule has 1 aromatic carbocycles. The molecule has 0 saturated carbocycles. The maximum Gasteiger partial charge on any atom is 0.331 e. The van der Waals surface area contributed by atoms with Crippen LogP contribution in [0.25, 0.3) is 5.57 Å². The first kappa shape index (κ1) is 18.3. The van der Waals surface area contributed by atoms with E-state index in [9.17, 15) is 4.79 Å². The molecule has 7 nitrogen and oxygen atoms in total. The van der Waals surface area contributed by atoms with Crippen LogP contribution < -0.4 is 10.1 Å². The summed E-state index contributed by atoms with van der Waals surface area (Å²) in [5.74, 6) is 1.36. The van der Waals surface area contributed by atoms with Crippen molar-refractivity contribution in [3.8, 4) is 5.75 Å². The summed E-state index contributed by atoms with van der Waals surface area (Å²) < 4.78 is 11.1. The molecule has 28 heavy (non-hydrogen) atoms. The average Bonchev–Trinajstić information content (AvgIpc) is 2.71. The molecule has 144 valence electrons. The van der Waals surface area contributed by atoms with E-state index in [1.165, 1.54) is 0 Å². The van der Waals surface area contributed by atoms with E-state index in [1.54, 1.807) is 25.3 Å². The van der Waals surface area contributed by atoms with Gasteiger partial charge in [-0.15, -0.1) is 0 Å². The van der Waals surface area contributed by atoms with E-state index in [2.05, 4.69) is 16.0 Å². The number of nitrogens with two attached hydrogens (primary N) is 1. The van der Waals surface area contributed by atoms with Gasteiger partial charge in [-0.05, 0) is 36.8 Å². The SMILES string of the molecule is COc1cccc([NH2+]c2nccc(C3=CCC4(C)OCC(=O)N(C)C4=C3)n2)c1. The molecule has 0 radical (unpaired) electrons. The number of quaternary nitrogens is 1. The number of nitrogens with zero attached hydrogens (tertiary/aromatic N) is 3. The number of rotatable bonds is 4. The Morgan fingerprint density at radius 2 is 2.18 bits per heavy atom. The summed E-state index contributed by atoms with van der Waals surface area (Å²) in [6.07, 6.45) is 6.52. The van der Waals surface area contributed by atoms with Crippen LogP contribution >= 0.6 is 0 Å². The topological polar surface area (TPSA) is 81.2 Å². The number of benzene rings is 1. The third-order valence-electron chi connectivity index (χ3n) is 5.15. The van der Waals surface area contributed by atoms with Crippen molar-refractivity contribution in [1.29, 1.82) is 0 Å². The Hall–Kier alpha value is -3.03. The summed E-state index contributed by atoms with van der Waals surface area (Å²) in [6, 6.07) is 9.61. The predicted molar refractivity (Wildman–Crippen MR) is 104 cm³/mol. The van der Waals surface area contributed by atoms with Crippen LogP contribution in [0.15, 0.2) is 54.4 Å². The molecule has 1 aliphatic heterocycles. The minimum Gasteiger partial charge on any atom is -0.497 e. The van der Waals surface area contributed by atoms with E-state index in [1.807, 2.05) is 48.6 Å². The van der Waals surface area contributed by atoms with Gasteiger partial charge in [0.15, 0.2) is 0 Å². The molecule has 1 fully saturated rings. The number of carbonyl (C=O) groups is 1. The lowest BCUT2D eigenvalue weighted by Gasteiger charge is -2.42. The fraction of sp³-hybridized carbons (Fsp3) is 0.286. The molecule has 1 aliphatic carbocycles. The van der Waals surface area contributed by atoms with Crippen LogP contribution in [0.3, 0.4) is 0 Å². The van der Waals surface area contributed by atoms with E-state index in [0.29, 0.717) is 12.4 Å². The lowest BCUT2D eigenvalue weighted by Crippen LogP contribution is -2.72.